The molecule has 0 aliphatic carbocycles. The van der Waals surface area contributed by atoms with Crippen LogP contribution in [0.25, 0.3) is 4.98 Å². The molecule has 0 unspecified atom stereocenters. The van der Waals surface area contributed by atoms with E-state index in [-0.39, 0.29) is 0 Å². The molecular formula is C6H3I2N2+. The van der Waals surface area contributed by atoms with Gasteiger partial charge in [-0.2, -0.15) is 0 Å². The first-order valence-corrected chi connectivity index (χ1v) is 4.69. The van der Waals surface area contributed by atoms with E-state index in [1.165, 1.54) is 0 Å². The molecule has 0 saturated carbocycles. The van der Waals surface area contributed by atoms with Gasteiger partial charge < -0.3 is 0 Å². The van der Waals surface area contributed by atoms with E-state index in [0.29, 0.717) is 5.69 Å². The molecule has 0 N–H and O–H groups in total. The zero-order valence-electron chi connectivity index (χ0n) is 4.88. The second kappa shape index (κ2) is 3.48. The first kappa shape index (κ1) is 8.20. The van der Waals surface area contributed by atoms with Gasteiger partial charge in [0.25, 0.3) is 0 Å². The Morgan fingerprint density at radius 1 is 1.10 bits per heavy atom. The summed E-state index contributed by atoms with van der Waals surface area (Å²) in [5, 5.41) is 8.40. The summed E-state index contributed by atoms with van der Waals surface area (Å²) >= 11 is 4.36. The minimum Gasteiger partial charge on any atom is -0.0440 e. The topological polar surface area (TPSA) is 28.1 Å². The van der Waals surface area contributed by atoms with Crippen LogP contribution < -0.4 is 0 Å². The van der Waals surface area contributed by atoms with Crippen LogP contribution >= 0.6 is 45.2 Å². The fourth-order valence-corrected chi connectivity index (χ4v) is 2.50. The molecule has 4 heteroatoms. The number of diazo groups is 1. The van der Waals surface area contributed by atoms with Crippen LogP contribution in [0.2, 0.25) is 0 Å². The van der Waals surface area contributed by atoms with E-state index in [0.717, 1.165) is 7.14 Å². The number of nitrogens with zero attached hydrogens (tertiary/aromatic N) is 2. The van der Waals surface area contributed by atoms with E-state index in [2.05, 4.69) is 50.2 Å². The highest BCUT2D eigenvalue weighted by molar-refractivity contribution is 14.1. The van der Waals surface area contributed by atoms with Crippen molar-refractivity contribution in [3.63, 3.8) is 0 Å². The second-order valence-corrected chi connectivity index (χ2v) is 4.22. The van der Waals surface area contributed by atoms with E-state index < -0.39 is 0 Å². The molecule has 0 aliphatic rings. The van der Waals surface area contributed by atoms with Crippen molar-refractivity contribution in [2.24, 2.45) is 0 Å². The Morgan fingerprint density at radius 3 is 2.00 bits per heavy atom. The summed E-state index contributed by atoms with van der Waals surface area (Å²) in [5.74, 6) is 0. The summed E-state index contributed by atoms with van der Waals surface area (Å²) in [6.45, 7) is 0. The number of halogens is 2. The van der Waals surface area contributed by atoms with Gasteiger partial charge in [0.15, 0.2) is 4.98 Å². The van der Waals surface area contributed by atoms with Gasteiger partial charge in [-0.05, 0) is 51.2 Å². The third-order valence-corrected chi connectivity index (χ3v) is 2.21. The van der Waals surface area contributed by atoms with Crippen LogP contribution in [0.5, 0.6) is 0 Å². The minimum atomic E-state index is 0.608. The number of rotatable bonds is 0. The number of hydrogen-bond acceptors (Lipinski definition) is 1. The maximum Gasteiger partial charge on any atom is 0.387 e. The van der Waals surface area contributed by atoms with Crippen molar-refractivity contribution in [2.75, 3.05) is 0 Å². The SMILES string of the molecule is N#[N+]c1cc(I)cc(I)c1. The Bertz CT molecular complexity index is 270. The molecule has 10 heavy (non-hydrogen) atoms. The van der Waals surface area contributed by atoms with Crippen LogP contribution in [-0.2, 0) is 0 Å². The monoisotopic (exact) mass is 357 g/mol. The Morgan fingerprint density at radius 2 is 1.60 bits per heavy atom. The molecule has 0 saturated heterocycles. The maximum absolute atomic E-state index is 8.40. The fraction of sp³-hybridized carbons (Fsp3) is 0. The molecule has 1 aromatic rings. The smallest absolute Gasteiger partial charge is 0.0440 e. The van der Waals surface area contributed by atoms with Gasteiger partial charge in [0, 0.05) is 19.3 Å². The summed E-state index contributed by atoms with van der Waals surface area (Å²) in [5.41, 5.74) is 0.608. The van der Waals surface area contributed by atoms with Crippen molar-refractivity contribution >= 4 is 50.9 Å². The summed E-state index contributed by atoms with van der Waals surface area (Å²) in [4.78, 5) is 3.08. The van der Waals surface area contributed by atoms with E-state index in [1.807, 2.05) is 18.2 Å². The van der Waals surface area contributed by atoms with Crippen LogP contribution in [0.1, 0.15) is 0 Å². The molecule has 2 nitrogen and oxygen atoms in total. The molecule has 0 spiro atoms. The van der Waals surface area contributed by atoms with Gasteiger partial charge in [-0.3, -0.25) is 0 Å². The Hall–Kier alpha value is 0.100. The highest BCUT2D eigenvalue weighted by Crippen LogP contribution is 2.19. The van der Waals surface area contributed by atoms with Gasteiger partial charge in [-0.15, -0.1) is 0 Å². The first-order chi connectivity index (χ1) is 4.72. The van der Waals surface area contributed by atoms with E-state index >= 15 is 0 Å². The molecule has 50 valence electrons. The van der Waals surface area contributed by atoms with Crippen LogP contribution in [0, 0.1) is 12.5 Å². The van der Waals surface area contributed by atoms with Crippen molar-refractivity contribution in [1.82, 2.24) is 0 Å². The van der Waals surface area contributed by atoms with Crippen LogP contribution in [0.4, 0.5) is 5.69 Å². The molecule has 0 heterocycles. The first-order valence-electron chi connectivity index (χ1n) is 2.53. The summed E-state index contributed by atoms with van der Waals surface area (Å²) in [6, 6.07) is 5.63. The molecular weight excluding hydrogens is 354 g/mol. The number of benzene rings is 1. The Balaban J connectivity index is 3.22. The van der Waals surface area contributed by atoms with Crippen molar-refractivity contribution in [3.05, 3.63) is 30.3 Å². The molecule has 1 rings (SSSR count). The van der Waals surface area contributed by atoms with Crippen molar-refractivity contribution in [3.8, 4) is 0 Å². The predicted octanol–water partition coefficient (Wildman–Crippen LogP) is 3.38. The van der Waals surface area contributed by atoms with Gasteiger partial charge in [-0.25, -0.2) is 0 Å². The zero-order chi connectivity index (χ0) is 7.56. The number of hydrogen-bond donors (Lipinski definition) is 0. The van der Waals surface area contributed by atoms with Gasteiger partial charge in [0.05, 0.1) is 0 Å². The molecule has 0 amide bonds. The standard InChI is InChI=1S/C6H3I2N2/c7-4-1-5(8)3-6(2-4)10-9/h1-3H/q+1. The second-order valence-electron chi connectivity index (χ2n) is 1.73. The van der Waals surface area contributed by atoms with Crippen molar-refractivity contribution in [1.29, 1.82) is 5.39 Å². The largest absolute Gasteiger partial charge is 0.387 e. The van der Waals surface area contributed by atoms with Crippen LogP contribution in [0.3, 0.4) is 0 Å². The lowest BCUT2D eigenvalue weighted by Crippen LogP contribution is -1.72. The average Bonchev–Trinajstić information content (AvgIpc) is 1.85. The maximum atomic E-state index is 8.40. The summed E-state index contributed by atoms with van der Waals surface area (Å²) < 4.78 is 2.16. The highest BCUT2D eigenvalue weighted by Gasteiger charge is 2.05. The van der Waals surface area contributed by atoms with E-state index in [1.54, 1.807) is 0 Å². The van der Waals surface area contributed by atoms with Crippen molar-refractivity contribution < 1.29 is 0 Å². The lowest BCUT2D eigenvalue weighted by atomic mass is 10.3. The molecule has 1 aromatic carbocycles. The summed E-state index contributed by atoms with van der Waals surface area (Å²) in [6.07, 6.45) is 0. The molecule has 0 radical (unpaired) electrons. The molecule has 0 atom stereocenters. The van der Waals surface area contributed by atoms with E-state index in [9.17, 15) is 0 Å². The van der Waals surface area contributed by atoms with Crippen LogP contribution in [0.15, 0.2) is 18.2 Å². The summed E-state index contributed by atoms with van der Waals surface area (Å²) in [7, 11) is 0. The Labute approximate surface area is 85.9 Å². The lowest BCUT2D eigenvalue weighted by Gasteiger charge is -1.85. The van der Waals surface area contributed by atoms with Gasteiger partial charge in [-0.1, -0.05) is 0 Å². The predicted molar refractivity (Wildman–Crippen MR) is 56.6 cm³/mol. The van der Waals surface area contributed by atoms with E-state index in [4.69, 9.17) is 5.39 Å². The van der Waals surface area contributed by atoms with Gasteiger partial charge >= 0.3 is 5.69 Å². The lowest BCUT2D eigenvalue weighted by molar-refractivity contribution is 1.45. The normalized spacial score (nSPS) is 8.90. The molecule has 0 aliphatic heterocycles. The average molecular weight is 357 g/mol. The fourth-order valence-electron chi connectivity index (χ4n) is 0.597. The van der Waals surface area contributed by atoms with Crippen molar-refractivity contribution in [2.45, 2.75) is 0 Å². The van der Waals surface area contributed by atoms with Gasteiger partial charge in [0.2, 0.25) is 5.39 Å². The third kappa shape index (κ3) is 2.05. The highest BCUT2D eigenvalue weighted by atomic mass is 127. The minimum absolute atomic E-state index is 0.608. The Kier molecular flexibility index (Phi) is 2.85. The van der Waals surface area contributed by atoms with Gasteiger partial charge in [0.1, 0.15) is 0 Å². The molecule has 0 fully saturated rings. The zero-order valence-corrected chi connectivity index (χ0v) is 9.20. The molecule has 0 aromatic heterocycles. The quantitative estimate of drug-likeness (QED) is 0.517. The third-order valence-electron chi connectivity index (χ3n) is 0.963. The van der Waals surface area contributed by atoms with Crippen LogP contribution in [-0.4, -0.2) is 0 Å². The molecule has 0 bridgehead atoms.